The first kappa shape index (κ1) is 19.0. The van der Waals surface area contributed by atoms with Gasteiger partial charge in [-0.05, 0) is 31.6 Å². The molecule has 23 heavy (non-hydrogen) atoms. The van der Waals surface area contributed by atoms with Crippen LogP contribution in [0.25, 0.3) is 0 Å². The third-order valence-corrected chi connectivity index (χ3v) is 6.70. The molecule has 1 saturated carbocycles. The van der Waals surface area contributed by atoms with E-state index < -0.39 is 0 Å². The van der Waals surface area contributed by atoms with Crippen molar-refractivity contribution in [1.82, 2.24) is 15.2 Å². The Morgan fingerprint density at radius 2 is 1.78 bits per heavy atom. The van der Waals surface area contributed by atoms with E-state index in [4.69, 9.17) is 4.98 Å². The summed E-state index contributed by atoms with van der Waals surface area (Å²) in [6.45, 7) is 5.99. The van der Waals surface area contributed by atoms with Gasteiger partial charge in [-0.3, -0.25) is 4.79 Å². The SMILES string of the molecule is Cc1nc(C2CCCC2)sc1C(=O)N1C[C@H]2CNC[C@H]2C1.Cl.Cl. The van der Waals surface area contributed by atoms with Crippen LogP contribution in [0.1, 0.15) is 52.0 Å². The fourth-order valence-corrected chi connectivity index (χ4v) is 5.33. The van der Waals surface area contributed by atoms with E-state index in [2.05, 4.69) is 10.2 Å². The number of rotatable bonds is 2. The summed E-state index contributed by atoms with van der Waals surface area (Å²) in [7, 11) is 0. The zero-order chi connectivity index (χ0) is 14.4. The molecular weight excluding hydrogens is 353 g/mol. The summed E-state index contributed by atoms with van der Waals surface area (Å²) in [5.41, 5.74) is 0.946. The Balaban J connectivity index is 0.000000960. The zero-order valence-corrected chi connectivity index (χ0v) is 15.9. The number of fused-ring (bicyclic) bond motifs is 1. The summed E-state index contributed by atoms with van der Waals surface area (Å²) in [4.78, 5) is 20.5. The van der Waals surface area contributed by atoms with Gasteiger partial charge in [0.25, 0.3) is 5.91 Å². The highest BCUT2D eigenvalue weighted by molar-refractivity contribution is 7.13. The van der Waals surface area contributed by atoms with Gasteiger partial charge in [-0.2, -0.15) is 0 Å². The molecule has 0 aromatic carbocycles. The molecule has 0 bridgehead atoms. The van der Waals surface area contributed by atoms with Gasteiger partial charge in [-0.1, -0.05) is 12.8 Å². The van der Waals surface area contributed by atoms with Crippen molar-refractivity contribution in [3.63, 3.8) is 0 Å². The molecule has 0 unspecified atom stereocenters. The number of carbonyl (C=O) groups excluding carboxylic acids is 1. The number of aryl methyl sites for hydroxylation is 1. The summed E-state index contributed by atoms with van der Waals surface area (Å²) in [6, 6.07) is 0. The lowest BCUT2D eigenvalue weighted by atomic mass is 10.0. The van der Waals surface area contributed by atoms with Crippen molar-refractivity contribution in [2.75, 3.05) is 26.2 Å². The van der Waals surface area contributed by atoms with Gasteiger partial charge in [0.2, 0.25) is 0 Å². The predicted molar refractivity (Wildman–Crippen MR) is 98.3 cm³/mol. The van der Waals surface area contributed by atoms with Crippen LogP contribution in [0.3, 0.4) is 0 Å². The topological polar surface area (TPSA) is 45.2 Å². The molecule has 3 aliphatic rings. The van der Waals surface area contributed by atoms with Crippen molar-refractivity contribution < 1.29 is 4.79 Å². The number of nitrogens with zero attached hydrogens (tertiary/aromatic N) is 2. The Labute approximate surface area is 154 Å². The van der Waals surface area contributed by atoms with E-state index in [0.717, 1.165) is 36.8 Å². The minimum absolute atomic E-state index is 0. The quantitative estimate of drug-likeness (QED) is 0.859. The second-order valence-corrected chi connectivity index (χ2v) is 7.87. The molecule has 2 saturated heterocycles. The number of amides is 1. The predicted octanol–water partition coefficient (Wildman–Crippen LogP) is 3.24. The van der Waals surface area contributed by atoms with Crippen LogP contribution in [0.5, 0.6) is 0 Å². The van der Waals surface area contributed by atoms with E-state index in [0.29, 0.717) is 17.8 Å². The van der Waals surface area contributed by atoms with Gasteiger partial charge in [0, 0.05) is 32.1 Å². The van der Waals surface area contributed by atoms with Gasteiger partial charge in [0.1, 0.15) is 4.88 Å². The standard InChI is InChI=1S/C16H23N3OS.2ClH/c1-10-14(21-15(18-10)11-4-2-3-5-11)16(20)19-8-12-6-17-7-13(12)9-19;;/h11-13,17H,2-9H2,1H3;2*1H/t12-,13+;;. The first-order valence-electron chi connectivity index (χ1n) is 8.19. The average Bonchev–Trinajstić information content (AvgIpc) is 3.21. The number of thiazole rings is 1. The molecule has 1 aromatic heterocycles. The van der Waals surface area contributed by atoms with Crippen molar-refractivity contribution in [3.8, 4) is 0 Å². The van der Waals surface area contributed by atoms with E-state index >= 15 is 0 Å². The van der Waals surface area contributed by atoms with Crippen LogP contribution in [0, 0.1) is 18.8 Å². The van der Waals surface area contributed by atoms with E-state index in [-0.39, 0.29) is 30.7 Å². The summed E-state index contributed by atoms with van der Waals surface area (Å²) in [6.07, 6.45) is 5.13. The van der Waals surface area contributed by atoms with Crippen LogP contribution < -0.4 is 5.32 Å². The monoisotopic (exact) mass is 377 g/mol. The molecule has 0 radical (unpaired) electrons. The smallest absolute Gasteiger partial charge is 0.265 e. The molecule has 0 spiro atoms. The molecule has 2 atom stereocenters. The summed E-state index contributed by atoms with van der Waals surface area (Å²) in [5, 5.41) is 4.63. The van der Waals surface area contributed by atoms with Crippen LogP contribution in [0.4, 0.5) is 0 Å². The highest BCUT2D eigenvalue weighted by Crippen LogP contribution is 2.38. The lowest BCUT2D eigenvalue weighted by Gasteiger charge is -2.16. The largest absolute Gasteiger partial charge is 0.337 e. The summed E-state index contributed by atoms with van der Waals surface area (Å²) < 4.78 is 0. The second-order valence-electron chi connectivity index (χ2n) is 6.84. The van der Waals surface area contributed by atoms with Crippen molar-refractivity contribution >= 4 is 42.1 Å². The third-order valence-electron chi connectivity index (χ3n) is 5.39. The second kappa shape index (κ2) is 7.68. The Morgan fingerprint density at radius 1 is 1.17 bits per heavy atom. The van der Waals surface area contributed by atoms with E-state index in [1.54, 1.807) is 11.3 Å². The molecule has 3 heterocycles. The first-order valence-corrected chi connectivity index (χ1v) is 9.01. The molecule has 2 aliphatic heterocycles. The molecule has 1 amide bonds. The number of aromatic nitrogens is 1. The van der Waals surface area contributed by atoms with E-state index in [1.165, 1.54) is 30.7 Å². The van der Waals surface area contributed by atoms with Crippen molar-refractivity contribution in [1.29, 1.82) is 0 Å². The number of carbonyl (C=O) groups is 1. The maximum absolute atomic E-state index is 12.8. The van der Waals surface area contributed by atoms with Crippen molar-refractivity contribution in [3.05, 3.63) is 15.6 Å². The fraction of sp³-hybridized carbons (Fsp3) is 0.750. The summed E-state index contributed by atoms with van der Waals surface area (Å²) >= 11 is 1.66. The molecular formula is C16H25Cl2N3OS. The van der Waals surface area contributed by atoms with Gasteiger partial charge in [0.05, 0.1) is 10.7 Å². The Kier molecular flexibility index (Phi) is 6.34. The van der Waals surface area contributed by atoms with Crippen molar-refractivity contribution in [2.24, 2.45) is 11.8 Å². The van der Waals surface area contributed by atoms with Crippen LogP contribution in [-0.2, 0) is 0 Å². The maximum Gasteiger partial charge on any atom is 0.265 e. The lowest BCUT2D eigenvalue weighted by Crippen LogP contribution is -2.31. The fourth-order valence-electron chi connectivity index (χ4n) is 4.13. The molecule has 130 valence electrons. The molecule has 3 fully saturated rings. The minimum Gasteiger partial charge on any atom is -0.337 e. The van der Waals surface area contributed by atoms with E-state index in [9.17, 15) is 4.79 Å². The number of nitrogens with one attached hydrogen (secondary N) is 1. The average molecular weight is 378 g/mol. The molecule has 7 heteroatoms. The lowest BCUT2D eigenvalue weighted by molar-refractivity contribution is 0.0785. The normalized spacial score (nSPS) is 26.7. The number of hydrogen-bond acceptors (Lipinski definition) is 4. The molecule has 4 nitrogen and oxygen atoms in total. The van der Waals surface area contributed by atoms with Gasteiger partial charge in [-0.15, -0.1) is 36.2 Å². The number of likely N-dealkylation sites (tertiary alicyclic amines) is 1. The highest BCUT2D eigenvalue weighted by Gasteiger charge is 2.39. The zero-order valence-electron chi connectivity index (χ0n) is 13.4. The van der Waals surface area contributed by atoms with Crippen LogP contribution in [0.2, 0.25) is 0 Å². The number of halogens is 2. The minimum atomic E-state index is 0. The maximum atomic E-state index is 12.8. The summed E-state index contributed by atoms with van der Waals surface area (Å²) in [5.74, 6) is 2.16. The Hall–Kier alpha value is -0.360. The van der Waals surface area contributed by atoms with Crippen LogP contribution in [-0.4, -0.2) is 42.0 Å². The molecule has 1 aromatic rings. The first-order chi connectivity index (χ1) is 10.2. The molecule has 1 aliphatic carbocycles. The van der Waals surface area contributed by atoms with Gasteiger partial charge in [0.15, 0.2) is 0 Å². The van der Waals surface area contributed by atoms with Crippen LogP contribution in [0.15, 0.2) is 0 Å². The number of hydrogen-bond donors (Lipinski definition) is 1. The van der Waals surface area contributed by atoms with Crippen molar-refractivity contribution in [2.45, 2.75) is 38.5 Å². The Bertz CT molecular complexity index is 548. The highest BCUT2D eigenvalue weighted by atomic mass is 35.5. The van der Waals surface area contributed by atoms with Gasteiger partial charge < -0.3 is 10.2 Å². The van der Waals surface area contributed by atoms with Crippen LogP contribution >= 0.6 is 36.2 Å². The molecule has 4 rings (SSSR count). The third kappa shape index (κ3) is 3.53. The Morgan fingerprint density at radius 3 is 2.39 bits per heavy atom. The molecule has 1 N–H and O–H groups in total. The van der Waals surface area contributed by atoms with E-state index in [1.807, 2.05) is 6.92 Å². The van der Waals surface area contributed by atoms with Gasteiger partial charge >= 0.3 is 0 Å². The van der Waals surface area contributed by atoms with Gasteiger partial charge in [-0.25, -0.2) is 4.98 Å².